The molecule has 0 amide bonds. The van der Waals surface area contributed by atoms with Crippen LogP contribution in [-0.4, -0.2) is 31.2 Å². The summed E-state index contributed by atoms with van der Waals surface area (Å²) in [7, 11) is 0. The Morgan fingerprint density at radius 1 is 1.00 bits per heavy atom. The third kappa shape index (κ3) is 2.75. The zero-order chi connectivity index (χ0) is 15.5. The van der Waals surface area contributed by atoms with E-state index in [9.17, 15) is 0 Å². The quantitative estimate of drug-likeness (QED) is 0.853. The molecule has 3 rings (SSSR count). The third-order valence-electron chi connectivity index (χ3n) is 4.42. The number of anilines is 2. The second kappa shape index (κ2) is 6.07. The van der Waals surface area contributed by atoms with Gasteiger partial charge in [0.2, 0.25) is 0 Å². The molecule has 1 aliphatic heterocycles. The van der Waals surface area contributed by atoms with Gasteiger partial charge in [-0.1, -0.05) is 12.1 Å². The van der Waals surface area contributed by atoms with Crippen LogP contribution in [-0.2, 0) is 0 Å². The van der Waals surface area contributed by atoms with Crippen LogP contribution < -0.4 is 9.80 Å². The SMILES string of the molecule is Cc1cccc(N2CCN(c3ccc(C#N)nc3)CC2)c1C. The molecule has 1 aromatic heterocycles. The molecule has 0 spiro atoms. The monoisotopic (exact) mass is 292 g/mol. The summed E-state index contributed by atoms with van der Waals surface area (Å²) in [5.74, 6) is 0. The molecule has 0 saturated carbocycles. The van der Waals surface area contributed by atoms with E-state index >= 15 is 0 Å². The van der Waals surface area contributed by atoms with Gasteiger partial charge in [-0.3, -0.25) is 0 Å². The van der Waals surface area contributed by atoms with Crippen LogP contribution in [0.25, 0.3) is 0 Å². The number of pyridine rings is 1. The Kier molecular flexibility index (Phi) is 3.97. The lowest BCUT2D eigenvalue weighted by atomic mass is 10.1. The molecule has 4 heteroatoms. The van der Waals surface area contributed by atoms with Crippen molar-refractivity contribution in [1.82, 2.24) is 4.98 Å². The van der Waals surface area contributed by atoms with E-state index in [0.717, 1.165) is 31.9 Å². The summed E-state index contributed by atoms with van der Waals surface area (Å²) in [5.41, 5.74) is 5.63. The Hall–Kier alpha value is -2.54. The second-order valence-corrected chi connectivity index (χ2v) is 5.71. The van der Waals surface area contributed by atoms with Crippen molar-refractivity contribution >= 4 is 11.4 Å². The summed E-state index contributed by atoms with van der Waals surface area (Å²) in [6.45, 7) is 8.32. The minimum atomic E-state index is 0.470. The van der Waals surface area contributed by atoms with E-state index in [1.807, 2.05) is 6.07 Å². The minimum Gasteiger partial charge on any atom is -0.368 e. The fourth-order valence-corrected chi connectivity index (χ4v) is 2.92. The fraction of sp³-hybridized carbons (Fsp3) is 0.333. The van der Waals surface area contributed by atoms with Gasteiger partial charge in [0.1, 0.15) is 11.8 Å². The first kappa shape index (κ1) is 14.4. The number of hydrogen-bond acceptors (Lipinski definition) is 4. The number of aromatic nitrogens is 1. The second-order valence-electron chi connectivity index (χ2n) is 5.71. The summed E-state index contributed by atoms with van der Waals surface area (Å²) in [6.07, 6.45) is 1.80. The van der Waals surface area contributed by atoms with E-state index in [4.69, 9.17) is 5.26 Å². The molecule has 0 atom stereocenters. The molecular weight excluding hydrogens is 272 g/mol. The van der Waals surface area contributed by atoms with Gasteiger partial charge >= 0.3 is 0 Å². The fourth-order valence-electron chi connectivity index (χ4n) is 2.92. The smallest absolute Gasteiger partial charge is 0.140 e. The van der Waals surface area contributed by atoms with Crippen molar-refractivity contribution in [3.8, 4) is 6.07 Å². The van der Waals surface area contributed by atoms with E-state index in [1.165, 1.54) is 16.8 Å². The van der Waals surface area contributed by atoms with Gasteiger partial charge in [-0.2, -0.15) is 5.26 Å². The number of rotatable bonds is 2. The molecular formula is C18H20N4. The predicted octanol–water partition coefficient (Wildman–Crippen LogP) is 2.90. The molecule has 0 radical (unpaired) electrons. The number of benzene rings is 1. The number of nitrogens with zero attached hydrogens (tertiary/aromatic N) is 4. The van der Waals surface area contributed by atoms with Crippen molar-refractivity contribution < 1.29 is 0 Å². The van der Waals surface area contributed by atoms with Gasteiger partial charge in [-0.15, -0.1) is 0 Å². The lowest BCUT2D eigenvalue weighted by Crippen LogP contribution is -2.46. The largest absolute Gasteiger partial charge is 0.368 e. The maximum Gasteiger partial charge on any atom is 0.140 e. The van der Waals surface area contributed by atoms with Crippen LogP contribution in [0.3, 0.4) is 0 Å². The molecule has 0 bridgehead atoms. The molecule has 22 heavy (non-hydrogen) atoms. The van der Waals surface area contributed by atoms with E-state index in [0.29, 0.717) is 5.69 Å². The lowest BCUT2D eigenvalue weighted by Gasteiger charge is -2.38. The predicted molar refractivity (Wildman–Crippen MR) is 89.3 cm³/mol. The Morgan fingerprint density at radius 2 is 1.73 bits per heavy atom. The van der Waals surface area contributed by atoms with E-state index in [2.05, 4.69) is 52.9 Å². The molecule has 0 unspecified atom stereocenters. The number of aryl methyl sites for hydroxylation is 1. The first-order valence-corrected chi connectivity index (χ1v) is 7.61. The molecule has 0 aliphatic carbocycles. The molecule has 0 N–H and O–H groups in total. The maximum absolute atomic E-state index is 8.82. The molecule has 112 valence electrons. The van der Waals surface area contributed by atoms with Gasteiger partial charge in [0.25, 0.3) is 0 Å². The molecule has 1 fully saturated rings. The number of nitriles is 1. The molecule has 1 aliphatic rings. The van der Waals surface area contributed by atoms with Gasteiger partial charge in [0.15, 0.2) is 0 Å². The topological polar surface area (TPSA) is 43.2 Å². The summed E-state index contributed by atoms with van der Waals surface area (Å²) in [6, 6.07) is 12.3. The summed E-state index contributed by atoms with van der Waals surface area (Å²) in [5, 5.41) is 8.82. The number of piperazine rings is 1. The first-order valence-electron chi connectivity index (χ1n) is 7.61. The van der Waals surface area contributed by atoms with Crippen molar-refractivity contribution in [1.29, 1.82) is 5.26 Å². The minimum absolute atomic E-state index is 0.470. The van der Waals surface area contributed by atoms with Crippen LogP contribution in [0.15, 0.2) is 36.5 Å². The normalized spacial score (nSPS) is 14.8. The van der Waals surface area contributed by atoms with Gasteiger partial charge in [0, 0.05) is 31.9 Å². The molecule has 1 saturated heterocycles. The van der Waals surface area contributed by atoms with Crippen molar-refractivity contribution in [2.75, 3.05) is 36.0 Å². The maximum atomic E-state index is 8.82. The molecule has 1 aromatic carbocycles. The average molecular weight is 292 g/mol. The first-order chi connectivity index (χ1) is 10.7. The Balaban J connectivity index is 1.69. The van der Waals surface area contributed by atoms with Crippen molar-refractivity contribution in [2.45, 2.75) is 13.8 Å². The average Bonchev–Trinajstić information content (AvgIpc) is 2.58. The van der Waals surface area contributed by atoms with Crippen LogP contribution in [0.2, 0.25) is 0 Å². The van der Waals surface area contributed by atoms with Crippen LogP contribution in [0.4, 0.5) is 11.4 Å². The van der Waals surface area contributed by atoms with Crippen LogP contribution in [0, 0.1) is 25.2 Å². The zero-order valence-electron chi connectivity index (χ0n) is 13.1. The summed E-state index contributed by atoms with van der Waals surface area (Å²) < 4.78 is 0. The van der Waals surface area contributed by atoms with Crippen molar-refractivity contribution in [3.05, 3.63) is 53.3 Å². The van der Waals surface area contributed by atoms with Gasteiger partial charge < -0.3 is 9.80 Å². The highest BCUT2D eigenvalue weighted by molar-refractivity contribution is 5.57. The summed E-state index contributed by atoms with van der Waals surface area (Å²) >= 11 is 0. The molecule has 4 nitrogen and oxygen atoms in total. The van der Waals surface area contributed by atoms with E-state index in [1.54, 1.807) is 12.3 Å². The molecule has 2 aromatic rings. The highest BCUT2D eigenvalue weighted by Gasteiger charge is 2.19. The highest BCUT2D eigenvalue weighted by Crippen LogP contribution is 2.25. The standard InChI is InChI=1S/C18H20N4/c1-14-4-3-5-18(15(14)2)22-10-8-21(9-11-22)17-7-6-16(12-19)20-13-17/h3-7,13H,8-11H2,1-2H3. The van der Waals surface area contributed by atoms with Crippen molar-refractivity contribution in [2.24, 2.45) is 0 Å². The van der Waals surface area contributed by atoms with Gasteiger partial charge in [-0.05, 0) is 43.2 Å². The third-order valence-corrected chi connectivity index (χ3v) is 4.42. The van der Waals surface area contributed by atoms with E-state index < -0.39 is 0 Å². The Morgan fingerprint density at radius 3 is 2.36 bits per heavy atom. The zero-order valence-corrected chi connectivity index (χ0v) is 13.1. The number of hydrogen-bond donors (Lipinski definition) is 0. The van der Waals surface area contributed by atoms with Crippen molar-refractivity contribution in [3.63, 3.8) is 0 Å². The van der Waals surface area contributed by atoms with Crippen LogP contribution in [0.5, 0.6) is 0 Å². The van der Waals surface area contributed by atoms with E-state index in [-0.39, 0.29) is 0 Å². The Bertz CT molecular complexity index is 692. The molecule has 2 heterocycles. The lowest BCUT2D eigenvalue weighted by molar-refractivity contribution is 0.651. The summed E-state index contributed by atoms with van der Waals surface area (Å²) in [4.78, 5) is 8.94. The Labute approximate surface area is 131 Å². The highest BCUT2D eigenvalue weighted by atomic mass is 15.3. The van der Waals surface area contributed by atoms with Crippen LogP contribution in [0.1, 0.15) is 16.8 Å². The van der Waals surface area contributed by atoms with Gasteiger partial charge in [0.05, 0.1) is 11.9 Å². The van der Waals surface area contributed by atoms with Crippen LogP contribution >= 0.6 is 0 Å². The van der Waals surface area contributed by atoms with Gasteiger partial charge in [-0.25, -0.2) is 4.98 Å².